The van der Waals surface area contributed by atoms with Gasteiger partial charge >= 0.3 is 0 Å². The third-order valence-corrected chi connectivity index (χ3v) is 7.73. The predicted molar refractivity (Wildman–Crippen MR) is 115 cm³/mol. The van der Waals surface area contributed by atoms with Gasteiger partial charge in [-0.2, -0.15) is 5.26 Å². The van der Waals surface area contributed by atoms with Crippen molar-refractivity contribution in [1.29, 1.82) is 5.26 Å². The topological polar surface area (TPSA) is 84.3 Å². The molecule has 4 heterocycles. The summed E-state index contributed by atoms with van der Waals surface area (Å²) in [4.78, 5) is 21.5. The lowest BCUT2D eigenvalue weighted by Crippen LogP contribution is -2.67. The van der Waals surface area contributed by atoms with E-state index < -0.39 is 6.17 Å². The fourth-order valence-corrected chi connectivity index (χ4v) is 6.21. The van der Waals surface area contributed by atoms with Crippen LogP contribution in [0.25, 0.3) is 0 Å². The van der Waals surface area contributed by atoms with Gasteiger partial charge in [-0.05, 0) is 50.3 Å². The second-order valence-electron chi connectivity index (χ2n) is 9.58. The molecule has 0 bridgehead atoms. The van der Waals surface area contributed by atoms with Crippen molar-refractivity contribution in [2.75, 3.05) is 44.2 Å². The number of aromatic nitrogens is 1. The third kappa shape index (κ3) is 4.13. The first-order chi connectivity index (χ1) is 15.1. The zero-order chi connectivity index (χ0) is 21.4. The number of nitrogens with one attached hydrogen (secondary N) is 2. The Morgan fingerprint density at radius 3 is 2.81 bits per heavy atom. The fourth-order valence-electron chi connectivity index (χ4n) is 6.21. The van der Waals surface area contributed by atoms with E-state index in [2.05, 4.69) is 31.5 Å². The molecule has 3 aliphatic heterocycles. The Bertz CT molecular complexity index is 833. The Labute approximate surface area is 183 Å². The average molecular weight is 427 g/mol. The number of piperazine rings is 1. The smallest absolute Gasteiger partial charge is 0.224 e. The molecule has 3 saturated heterocycles. The van der Waals surface area contributed by atoms with E-state index >= 15 is 4.39 Å². The third-order valence-electron chi connectivity index (χ3n) is 7.73. The van der Waals surface area contributed by atoms with Gasteiger partial charge in [-0.15, -0.1) is 0 Å². The van der Waals surface area contributed by atoms with E-state index in [1.54, 1.807) is 12.3 Å². The highest BCUT2D eigenvalue weighted by Gasteiger charge is 2.51. The van der Waals surface area contributed by atoms with Crippen LogP contribution in [0.5, 0.6) is 0 Å². The van der Waals surface area contributed by atoms with E-state index in [0.717, 1.165) is 64.2 Å². The quantitative estimate of drug-likeness (QED) is 0.758. The van der Waals surface area contributed by atoms with Gasteiger partial charge in [-0.25, -0.2) is 9.37 Å². The van der Waals surface area contributed by atoms with Gasteiger partial charge < -0.3 is 15.5 Å². The summed E-state index contributed by atoms with van der Waals surface area (Å²) in [5.41, 5.74) is 1.48. The number of nitriles is 1. The number of amides is 1. The highest BCUT2D eigenvalue weighted by Crippen LogP contribution is 2.40. The number of piperidine rings is 2. The summed E-state index contributed by atoms with van der Waals surface area (Å²) in [5.74, 6) is 0.255. The number of rotatable bonds is 3. The van der Waals surface area contributed by atoms with Crippen LogP contribution in [-0.4, -0.2) is 73.3 Å². The van der Waals surface area contributed by atoms with Crippen molar-refractivity contribution >= 4 is 11.6 Å². The fraction of sp³-hybridized carbons (Fsp3) is 0.696. The minimum atomic E-state index is -0.853. The lowest BCUT2D eigenvalue weighted by molar-refractivity contribution is -0.135. The Kier molecular flexibility index (Phi) is 5.81. The van der Waals surface area contributed by atoms with Crippen LogP contribution in [-0.2, 0) is 4.79 Å². The normalized spacial score (nSPS) is 36.1. The maximum absolute atomic E-state index is 15.3. The van der Waals surface area contributed by atoms with Crippen LogP contribution in [0.1, 0.15) is 31.4 Å². The van der Waals surface area contributed by atoms with E-state index in [1.807, 2.05) is 6.07 Å². The van der Waals surface area contributed by atoms with Crippen molar-refractivity contribution in [3.05, 3.63) is 24.0 Å². The number of carbonyl (C=O) groups is 1. The molecule has 5 rings (SSSR count). The first-order valence-corrected chi connectivity index (χ1v) is 11.6. The van der Waals surface area contributed by atoms with Crippen LogP contribution in [0.2, 0.25) is 0 Å². The minimum absolute atomic E-state index is 0.00743. The molecule has 1 aromatic heterocycles. The molecule has 4 fully saturated rings. The van der Waals surface area contributed by atoms with Gasteiger partial charge in [0.05, 0.1) is 17.8 Å². The molecular formula is C23H31FN6O. The van der Waals surface area contributed by atoms with Gasteiger partial charge in [0, 0.05) is 50.7 Å². The minimum Gasteiger partial charge on any atom is -0.368 e. The number of pyridine rings is 1. The van der Waals surface area contributed by atoms with Gasteiger partial charge in [-0.3, -0.25) is 9.69 Å². The van der Waals surface area contributed by atoms with Crippen LogP contribution in [0.3, 0.4) is 0 Å². The lowest BCUT2D eigenvalue weighted by Gasteiger charge is -2.51. The molecule has 6 atom stereocenters. The van der Waals surface area contributed by atoms with Crippen LogP contribution < -0.4 is 15.5 Å². The molecule has 1 aromatic rings. The number of halogens is 1. The number of hydrogen-bond acceptors (Lipinski definition) is 6. The molecule has 8 heteroatoms. The monoisotopic (exact) mass is 426 g/mol. The van der Waals surface area contributed by atoms with E-state index in [0.29, 0.717) is 12.1 Å². The summed E-state index contributed by atoms with van der Waals surface area (Å²) >= 11 is 0. The molecular weight excluding hydrogens is 395 g/mol. The summed E-state index contributed by atoms with van der Waals surface area (Å²) in [6.07, 6.45) is 4.26. The maximum atomic E-state index is 15.3. The van der Waals surface area contributed by atoms with Gasteiger partial charge in [0.25, 0.3) is 0 Å². The zero-order valence-electron chi connectivity index (χ0n) is 17.8. The van der Waals surface area contributed by atoms with E-state index in [4.69, 9.17) is 5.26 Å². The van der Waals surface area contributed by atoms with E-state index in [9.17, 15) is 4.79 Å². The Hall–Kier alpha value is -2.24. The molecule has 2 N–H and O–H groups in total. The number of anilines is 1. The number of fused-ring (bicyclic) bond motifs is 3. The first kappa shape index (κ1) is 20.7. The molecule has 1 amide bonds. The summed E-state index contributed by atoms with van der Waals surface area (Å²) in [7, 11) is 0. The second-order valence-corrected chi connectivity index (χ2v) is 9.58. The first-order valence-electron chi connectivity index (χ1n) is 11.6. The van der Waals surface area contributed by atoms with Crippen LogP contribution in [0.4, 0.5) is 10.1 Å². The highest BCUT2D eigenvalue weighted by molar-refractivity contribution is 5.81. The molecule has 1 aliphatic carbocycles. The molecule has 0 spiro atoms. The van der Waals surface area contributed by atoms with Crippen molar-refractivity contribution in [1.82, 2.24) is 20.5 Å². The Morgan fingerprint density at radius 2 is 2.06 bits per heavy atom. The summed E-state index contributed by atoms with van der Waals surface area (Å²) in [6.45, 7) is 5.44. The van der Waals surface area contributed by atoms with Crippen molar-refractivity contribution in [3.63, 3.8) is 0 Å². The van der Waals surface area contributed by atoms with E-state index in [1.165, 1.54) is 0 Å². The molecule has 7 nitrogen and oxygen atoms in total. The number of alkyl halides is 1. The molecule has 6 unspecified atom stereocenters. The van der Waals surface area contributed by atoms with Crippen LogP contribution in [0, 0.1) is 29.1 Å². The van der Waals surface area contributed by atoms with Gasteiger partial charge in [0.1, 0.15) is 17.9 Å². The molecule has 166 valence electrons. The number of carbonyl (C=O) groups excluding carboxylic acids is 1. The number of nitrogens with zero attached hydrogens (tertiary/aromatic N) is 4. The van der Waals surface area contributed by atoms with Crippen molar-refractivity contribution in [3.8, 4) is 6.07 Å². The average Bonchev–Trinajstić information content (AvgIpc) is 2.79. The molecule has 0 radical (unpaired) electrons. The summed E-state index contributed by atoms with van der Waals surface area (Å²) in [5, 5.41) is 15.5. The SMILES string of the molecule is N#Cc1ccc(N2CCN(CC3CC(F)C4C(C3)NC(=O)C3CCCNC34)CC2)cn1. The maximum Gasteiger partial charge on any atom is 0.224 e. The highest BCUT2D eigenvalue weighted by atomic mass is 19.1. The Balaban J connectivity index is 1.16. The van der Waals surface area contributed by atoms with Crippen LogP contribution >= 0.6 is 0 Å². The predicted octanol–water partition coefficient (Wildman–Crippen LogP) is 1.31. The van der Waals surface area contributed by atoms with Crippen LogP contribution in [0.15, 0.2) is 18.3 Å². The van der Waals surface area contributed by atoms with Gasteiger partial charge in [0.15, 0.2) is 0 Å². The molecule has 0 aromatic carbocycles. The summed E-state index contributed by atoms with van der Waals surface area (Å²) < 4.78 is 15.3. The van der Waals surface area contributed by atoms with Crippen molar-refractivity contribution in [2.45, 2.75) is 43.9 Å². The van der Waals surface area contributed by atoms with Gasteiger partial charge in [-0.1, -0.05) is 0 Å². The lowest BCUT2D eigenvalue weighted by atomic mass is 9.66. The molecule has 1 saturated carbocycles. The van der Waals surface area contributed by atoms with E-state index in [-0.39, 0.29) is 35.7 Å². The molecule has 31 heavy (non-hydrogen) atoms. The largest absolute Gasteiger partial charge is 0.368 e. The standard InChI is InChI=1S/C23H31FN6O/c24-19-10-15(11-20-21(19)22-18(23(31)28-20)2-1-5-26-22)14-29-6-8-30(9-7-29)17-4-3-16(12-25)27-13-17/h3-4,13,15,18-22,26H,1-2,5-11,14H2,(H,28,31). The summed E-state index contributed by atoms with van der Waals surface area (Å²) in [6, 6.07) is 5.73. The number of hydrogen-bond donors (Lipinski definition) is 2. The Morgan fingerprint density at radius 1 is 1.23 bits per heavy atom. The molecule has 4 aliphatic rings. The van der Waals surface area contributed by atoms with Crippen molar-refractivity contribution < 1.29 is 9.18 Å². The second kappa shape index (κ2) is 8.71. The zero-order valence-corrected chi connectivity index (χ0v) is 17.8. The van der Waals surface area contributed by atoms with Crippen molar-refractivity contribution in [2.24, 2.45) is 17.8 Å². The van der Waals surface area contributed by atoms with Gasteiger partial charge in [0.2, 0.25) is 5.91 Å².